The number of hydrogen-bond donors (Lipinski definition) is 0. The highest BCUT2D eigenvalue weighted by atomic mass is 35.5. The molecule has 0 aliphatic heterocycles. The molecule has 0 saturated heterocycles. The molecule has 0 atom stereocenters. The Hall–Kier alpha value is -2.75. The molecule has 0 N–H and O–H groups in total. The van der Waals surface area contributed by atoms with Crippen molar-refractivity contribution in [1.29, 1.82) is 0 Å². The first-order chi connectivity index (χ1) is 12.6. The van der Waals surface area contributed by atoms with Crippen LogP contribution in [0.15, 0.2) is 24.3 Å². The Morgan fingerprint density at radius 2 is 1.67 bits per heavy atom. The molecule has 0 aliphatic rings. The number of benzene rings is 2. The van der Waals surface area contributed by atoms with Gasteiger partial charge in [0.05, 0.1) is 14.2 Å². The van der Waals surface area contributed by atoms with Crippen LogP contribution in [0.4, 0.5) is 22.0 Å². The molecule has 2 aromatic carbocycles. The minimum atomic E-state index is -5.14. The van der Waals surface area contributed by atoms with Gasteiger partial charge in [0.2, 0.25) is 11.6 Å². The van der Waals surface area contributed by atoms with Gasteiger partial charge in [0.15, 0.2) is 11.5 Å². The van der Waals surface area contributed by atoms with E-state index >= 15 is 0 Å². The van der Waals surface area contributed by atoms with Crippen molar-refractivity contribution in [3.8, 4) is 23.0 Å². The molecule has 0 bridgehead atoms. The lowest BCUT2D eigenvalue weighted by Gasteiger charge is -2.16. The van der Waals surface area contributed by atoms with Gasteiger partial charge in [-0.2, -0.15) is 4.39 Å². The summed E-state index contributed by atoms with van der Waals surface area (Å²) in [6.45, 7) is 0. The molecule has 2 aromatic rings. The van der Waals surface area contributed by atoms with Gasteiger partial charge >= 0.3 is 12.3 Å². The summed E-state index contributed by atoms with van der Waals surface area (Å²) in [7, 11) is 1.95. The number of methoxy groups -OCH3 is 2. The number of alkyl halides is 3. The van der Waals surface area contributed by atoms with Crippen molar-refractivity contribution in [2.75, 3.05) is 14.2 Å². The maximum absolute atomic E-state index is 14.2. The first-order valence-corrected chi connectivity index (χ1v) is 7.32. The van der Waals surface area contributed by atoms with Crippen molar-refractivity contribution in [3.63, 3.8) is 0 Å². The molecular formula is C16H10ClF5O5. The minimum absolute atomic E-state index is 0.161. The Balaban J connectivity index is 2.52. The molecule has 0 aliphatic carbocycles. The van der Waals surface area contributed by atoms with Crippen LogP contribution in [0.2, 0.25) is 5.02 Å². The molecule has 0 amide bonds. The Bertz CT molecular complexity index is 869. The maximum atomic E-state index is 14.2. The number of esters is 1. The molecule has 146 valence electrons. The summed E-state index contributed by atoms with van der Waals surface area (Å²) in [5, 5.41) is -0.161. The zero-order valence-electron chi connectivity index (χ0n) is 13.6. The van der Waals surface area contributed by atoms with E-state index in [1.165, 1.54) is 0 Å². The highest BCUT2D eigenvalue weighted by Crippen LogP contribution is 2.41. The standard InChI is InChI=1S/C16H10ClF5O5/c1-24-14-10(4-3-9(13(14)19)27-16(20,21)22)26-11-6-7(17)5-8(18)12(11)15(23)25-2/h3-6H,1-2H3. The van der Waals surface area contributed by atoms with Crippen LogP contribution in [0, 0.1) is 11.6 Å². The van der Waals surface area contributed by atoms with Crippen LogP contribution in [0.5, 0.6) is 23.0 Å². The van der Waals surface area contributed by atoms with Crippen molar-refractivity contribution in [3.05, 3.63) is 46.5 Å². The molecule has 0 aromatic heterocycles. The van der Waals surface area contributed by atoms with Gasteiger partial charge in [-0.05, 0) is 18.2 Å². The molecule has 0 spiro atoms. The topological polar surface area (TPSA) is 54.0 Å². The lowest BCUT2D eigenvalue weighted by molar-refractivity contribution is -0.275. The van der Waals surface area contributed by atoms with Gasteiger partial charge in [-0.3, -0.25) is 0 Å². The SMILES string of the molecule is COC(=O)c1c(F)cc(Cl)cc1Oc1ccc(OC(F)(F)F)c(F)c1OC. The molecule has 2 rings (SSSR count). The molecule has 11 heteroatoms. The van der Waals surface area contributed by atoms with E-state index in [9.17, 15) is 26.7 Å². The van der Waals surface area contributed by atoms with E-state index in [2.05, 4.69) is 9.47 Å². The van der Waals surface area contributed by atoms with E-state index in [-0.39, 0.29) is 5.02 Å². The summed E-state index contributed by atoms with van der Waals surface area (Å²) in [5.41, 5.74) is -0.653. The van der Waals surface area contributed by atoms with E-state index in [0.717, 1.165) is 32.4 Å². The monoisotopic (exact) mass is 412 g/mol. The second kappa shape index (κ2) is 7.87. The van der Waals surface area contributed by atoms with Gasteiger partial charge < -0.3 is 18.9 Å². The Morgan fingerprint density at radius 1 is 1.04 bits per heavy atom. The predicted molar refractivity (Wildman–Crippen MR) is 82.5 cm³/mol. The zero-order chi connectivity index (χ0) is 20.4. The van der Waals surface area contributed by atoms with Crippen molar-refractivity contribution in [2.24, 2.45) is 0 Å². The number of carbonyl (C=O) groups is 1. The summed E-state index contributed by atoms with van der Waals surface area (Å²) in [5.74, 6) is -6.58. The maximum Gasteiger partial charge on any atom is 0.573 e. The molecule has 0 heterocycles. The van der Waals surface area contributed by atoms with Crippen molar-refractivity contribution >= 4 is 17.6 Å². The summed E-state index contributed by atoms with van der Waals surface area (Å²) < 4.78 is 83.1. The van der Waals surface area contributed by atoms with Gasteiger partial charge in [-0.1, -0.05) is 11.6 Å². The van der Waals surface area contributed by atoms with Crippen LogP contribution < -0.4 is 14.2 Å². The van der Waals surface area contributed by atoms with Crippen LogP contribution in [-0.2, 0) is 4.74 Å². The predicted octanol–water partition coefficient (Wildman–Crippen LogP) is 5.10. The van der Waals surface area contributed by atoms with E-state index in [1.54, 1.807) is 0 Å². The van der Waals surface area contributed by atoms with Gasteiger partial charge in [0, 0.05) is 11.1 Å². The number of hydrogen-bond acceptors (Lipinski definition) is 5. The normalized spacial score (nSPS) is 11.1. The van der Waals surface area contributed by atoms with Crippen LogP contribution in [0.3, 0.4) is 0 Å². The van der Waals surface area contributed by atoms with Crippen LogP contribution in [-0.4, -0.2) is 26.6 Å². The fourth-order valence-electron chi connectivity index (χ4n) is 2.04. The highest BCUT2D eigenvalue weighted by Gasteiger charge is 2.34. The third-order valence-corrected chi connectivity index (χ3v) is 3.30. The molecular weight excluding hydrogens is 403 g/mol. The Labute approximate surface area is 154 Å². The zero-order valence-corrected chi connectivity index (χ0v) is 14.4. The summed E-state index contributed by atoms with van der Waals surface area (Å²) in [4.78, 5) is 11.8. The lowest BCUT2D eigenvalue weighted by atomic mass is 10.2. The number of halogens is 6. The fraction of sp³-hybridized carbons (Fsp3) is 0.188. The molecule has 0 fully saturated rings. The van der Waals surface area contributed by atoms with E-state index in [0.29, 0.717) is 6.07 Å². The summed E-state index contributed by atoms with van der Waals surface area (Å²) in [6, 6.07) is 3.36. The van der Waals surface area contributed by atoms with E-state index in [1.807, 2.05) is 0 Å². The highest BCUT2D eigenvalue weighted by molar-refractivity contribution is 6.30. The van der Waals surface area contributed by atoms with E-state index < -0.39 is 52.5 Å². The first kappa shape index (κ1) is 20.6. The average Bonchev–Trinajstić information content (AvgIpc) is 2.55. The van der Waals surface area contributed by atoms with Crippen molar-refractivity contribution in [1.82, 2.24) is 0 Å². The molecule has 5 nitrogen and oxygen atoms in total. The van der Waals surface area contributed by atoms with Gasteiger partial charge in [-0.25, -0.2) is 9.18 Å². The lowest BCUT2D eigenvalue weighted by Crippen LogP contribution is -2.18. The molecule has 0 radical (unpaired) electrons. The van der Waals surface area contributed by atoms with Gasteiger partial charge in [-0.15, -0.1) is 13.2 Å². The minimum Gasteiger partial charge on any atom is -0.490 e. The molecule has 0 unspecified atom stereocenters. The fourth-order valence-corrected chi connectivity index (χ4v) is 2.24. The quantitative estimate of drug-likeness (QED) is 0.505. The summed E-state index contributed by atoms with van der Waals surface area (Å²) >= 11 is 5.72. The van der Waals surface area contributed by atoms with E-state index in [4.69, 9.17) is 21.1 Å². The number of carbonyl (C=O) groups excluding carboxylic acids is 1. The molecule has 27 heavy (non-hydrogen) atoms. The largest absolute Gasteiger partial charge is 0.573 e. The second-order valence-corrected chi connectivity index (χ2v) is 5.25. The van der Waals surface area contributed by atoms with Crippen LogP contribution in [0.25, 0.3) is 0 Å². The number of rotatable bonds is 5. The Morgan fingerprint density at radius 3 is 2.22 bits per heavy atom. The third kappa shape index (κ3) is 4.70. The molecule has 0 saturated carbocycles. The second-order valence-electron chi connectivity index (χ2n) is 4.81. The average molecular weight is 413 g/mol. The van der Waals surface area contributed by atoms with Gasteiger partial charge in [0.25, 0.3) is 0 Å². The Kier molecular flexibility index (Phi) is 5.99. The van der Waals surface area contributed by atoms with Crippen LogP contribution >= 0.6 is 11.6 Å². The van der Waals surface area contributed by atoms with Crippen LogP contribution in [0.1, 0.15) is 10.4 Å². The number of ether oxygens (including phenoxy) is 4. The summed E-state index contributed by atoms with van der Waals surface area (Å²) in [6.07, 6.45) is -5.14. The smallest absolute Gasteiger partial charge is 0.490 e. The third-order valence-electron chi connectivity index (χ3n) is 3.08. The first-order valence-electron chi connectivity index (χ1n) is 6.94. The van der Waals surface area contributed by atoms with Crippen molar-refractivity contribution < 1.29 is 45.7 Å². The van der Waals surface area contributed by atoms with Gasteiger partial charge in [0.1, 0.15) is 17.1 Å². The van der Waals surface area contributed by atoms with Crippen molar-refractivity contribution in [2.45, 2.75) is 6.36 Å².